The predicted molar refractivity (Wildman–Crippen MR) is 87.5 cm³/mol. The van der Waals surface area contributed by atoms with Crippen LogP contribution in [0.2, 0.25) is 5.02 Å². The summed E-state index contributed by atoms with van der Waals surface area (Å²) in [5.41, 5.74) is -1.28. The van der Waals surface area contributed by atoms with Gasteiger partial charge >= 0.3 is 5.97 Å². The number of nitro benzene ring substituents is 1. The van der Waals surface area contributed by atoms with Gasteiger partial charge in [0, 0.05) is 63.1 Å². The number of aromatic carboxylic acids is 1. The van der Waals surface area contributed by atoms with E-state index in [4.69, 9.17) is 16.7 Å². The molecule has 0 bridgehead atoms. The zero-order valence-electron chi connectivity index (χ0n) is 12.6. The molecular formula is C13H8ClKN2O7S-. The van der Waals surface area contributed by atoms with Crippen molar-refractivity contribution in [2.24, 2.45) is 0 Å². The average Bonchev–Trinajstić information content (AvgIpc) is 2.46. The van der Waals surface area contributed by atoms with E-state index in [9.17, 15) is 28.4 Å². The number of nitrogens with one attached hydrogen (secondary N) is 1. The van der Waals surface area contributed by atoms with Crippen molar-refractivity contribution >= 4 is 90.4 Å². The molecule has 0 aliphatic carbocycles. The largest absolute Gasteiger partial charge is 0.872 e. The predicted octanol–water partition coefficient (Wildman–Crippen LogP) is 1.44. The van der Waals surface area contributed by atoms with Crippen LogP contribution in [0.3, 0.4) is 0 Å². The summed E-state index contributed by atoms with van der Waals surface area (Å²) < 4.78 is 26.5. The van der Waals surface area contributed by atoms with Crippen LogP contribution in [0.15, 0.2) is 41.3 Å². The van der Waals surface area contributed by atoms with E-state index in [-0.39, 0.29) is 62.1 Å². The number of anilines is 1. The number of carboxylic acids is 1. The first-order valence-electron chi connectivity index (χ1n) is 6.13. The minimum atomic E-state index is -4.24. The number of hydrogen-bond donors (Lipinski definition) is 2. The molecule has 0 fully saturated rings. The van der Waals surface area contributed by atoms with Crippen molar-refractivity contribution in [1.82, 2.24) is 0 Å². The molecule has 9 nitrogen and oxygen atoms in total. The molecule has 127 valence electrons. The third-order valence-electron chi connectivity index (χ3n) is 2.89. The molecule has 0 aliphatic rings. The van der Waals surface area contributed by atoms with Crippen molar-refractivity contribution in [3.63, 3.8) is 0 Å². The third-order valence-corrected chi connectivity index (χ3v) is 4.59. The fraction of sp³-hybridized carbons (Fsp3) is 0. The Balaban J connectivity index is 0.00000312. The normalized spacial score (nSPS) is 10.6. The van der Waals surface area contributed by atoms with Crippen molar-refractivity contribution < 1.29 is 28.3 Å². The summed E-state index contributed by atoms with van der Waals surface area (Å²) in [6, 6.07) is 5.72. The number of carbonyl (C=O) groups is 1. The second-order valence-corrected chi connectivity index (χ2v) is 6.58. The van der Waals surface area contributed by atoms with Gasteiger partial charge in [0.2, 0.25) is 0 Å². The van der Waals surface area contributed by atoms with E-state index in [1.165, 1.54) is 0 Å². The minimum Gasteiger partial charge on any atom is -0.872 e. The van der Waals surface area contributed by atoms with Gasteiger partial charge in [-0.25, -0.2) is 13.2 Å². The maximum Gasteiger partial charge on any atom is 0.335 e. The Kier molecular flexibility index (Phi) is 7.37. The standard InChI is InChI=1S/C13H9ClN2O7S.K/c14-10-4-2-8(6-11(10)16(20)21)24(22,23)15-7-1-3-9(13(18)19)12(17)5-7;/h1-6,15,17H,(H,18,19);/p-1. The Morgan fingerprint density at radius 3 is 2.36 bits per heavy atom. The van der Waals surface area contributed by atoms with Crippen LogP contribution >= 0.6 is 11.6 Å². The second-order valence-electron chi connectivity index (χ2n) is 4.49. The van der Waals surface area contributed by atoms with Crippen LogP contribution in [0.5, 0.6) is 5.75 Å². The van der Waals surface area contributed by atoms with E-state index < -0.39 is 42.8 Å². The van der Waals surface area contributed by atoms with Crippen molar-refractivity contribution in [2.75, 3.05) is 4.72 Å². The number of hydrogen-bond acceptors (Lipinski definition) is 6. The van der Waals surface area contributed by atoms with Crippen molar-refractivity contribution in [3.05, 3.63) is 57.1 Å². The number of benzene rings is 2. The summed E-state index contributed by atoms with van der Waals surface area (Å²) in [6.07, 6.45) is 0. The van der Waals surface area contributed by atoms with Crippen molar-refractivity contribution in [2.45, 2.75) is 4.90 Å². The van der Waals surface area contributed by atoms with Gasteiger partial charge in [-0.3, -0.25) is 14.8 Å². The maximum absolute atomic E-state index is 12.2. The van der Waals surface area contributed by atoms with Gasteiger partial charge in [0.1, 0.15) is 5.02 Å². The molecule has 1 radical (unpaired) electrons. The fourth-order valence-electron chi connectivity index (χ4n) is 1.78. The van der Waals surface area contributed by atoms with Crippen LogP contribution in [0.1, 0.15) is 10.4 Å². The van der Waals surface area contributed by atoms with E-state index in [0.29, 0.717) is 0 Å². The first kappa shape index (κ1) is 21.8. The summed E-state index contributed by atoms with van der Waals surface area (Å²) in [5, 5.41) is 30.9. The van der Waals surface area contributed by atoms with Crippen LogP contribution in [0.25, 0.3) is 0 Å². The maximum atomic E-state index is 12.2. The quantitative estimate of drug-likeness (QED) is 0.430. The molecular weight excluding hydrogens is 403 g/mol. The molecule has 0 saturated carbocycles. The van der Waals surface area contributed by atoms with Crippen LogP contribution < -0.4 is 9.83 Å². The molecule has 2 N–H and O–H groups in total. The number of halogens is 1. The van der Waals surface area contributed by atoms with Crippen molar-refractivity contribution in [1.29, 1.82) is 0 Å². The second kappa shape index (κ2) is 8.45. The molecule has 0 aromatic heterocycles. The Morgan fingerprint density at radius 1 is 1.20 bits per heavy atom. The average molecular weight is 411 g/mol. The molecule has 0 unspecified atom stereocenters. The molecule has 2 aromatic rings. The summed E-state index contributed by atoms with van der Waals surface area (Å²) in [4.78, 5) is 20.3. The summed E-state index contributed by atoms with van der Waals surface area (Å²) in [5.74, 6) is -2.33. The van der Waals surface area contributed by atoms with E-state index in [2.05, 4.69) is 0 Å². The van der Waals surface area contributed by atoms with Crippen molar-refractivity contribution in [3.8, 4) is 5.75 Å². The van der Waals surface area contributed by atoms with E-state index in [0.717, 1.165) is 36.4 Å². The Morgan fingerprint density at radius 2 is 1.84 bits per heavy atom. The van der Waals surface area contributed by atoms with Gasteiger partial charge in [0.15, 0.2) is 0 Å². The first-order chi connectivity index (χ1) is 11.1. The molecule has 12 heteroatoms. The van der Waals surface area contributed by atoms with Gasteiger partial charge in [-0.1, -0.05) is 17.4 Å². The minimum absolute atomic E-state index is 0. The zero-order chi connectivity index (χ0) is 18.1. The molecule has 2 aromatic carbocycles. The Labute approximate surface area is 189 Å². The van der Waals surface area contributed by atoms with Crippen LogP contribution in [0.4, 0.5) is 11.4 Å². The smallest absolute Gasteiger partial charge is 0.335 e. The molecule has 0 spiro atoms. The number of carboxylic acid groups (broad SMARTS) is 1. The van der Waals surface area contributed by atoms with Gasteiger partial charge in [-0.2, -0.15) is 0 Å². The first-order valence-corrected chi connectivity index (χ1v) is 7.99. The third kappa shape index (κ3) is 5.14. The number of nitro groups is 1. The van der Waals surface area contributed by atoms with Crippen LogP contribution in [-0.2, 0) is 10.0 Å². The summed E-state index contributed by atoms with van der Waals surface area (Å²) in [6.45, 7) is 0. The molecule has 0 saturated heterocycles. The summed E-state index contributed by atoms with van der Waals surface area (Å²) in [7, 11) is -4.24. The molecule has 25 heavy (non-hydrogen) atoms. The van der Waals surface area contributed by atoms with Gasteiger partial charge in [0.05, 0.1) is 15.4 Å². The SMILES string of the molecule is O=C(O)c1ccc(NS(=O)(=O)c2ccc(Cl)c([N+](=O)[O-])c2)cc1[O-].[K]. The van der Waals surface area contributed by atoms with Crippen LogP contribution in [0, 0.1) is 10.1 Å². The topological polar surface area (TPSA) is 150 Å². The van der Waals surface area contributed by atoms with Crippen LogP contribution in [-0.4, -0.2) is 75.8 Å². The van der Waals surface area contributed by atoms with E-state index in [1.54, 1.807) is 0 Å². The van der Waals surface area contributed by atoms with Gasteiger partial charge in [0.25, 0.3) is 15.7 Å². The van der Waals surface area contributed by atoms with Gasteiger partial charge < -0.3 is 10.2 Å². The molecule has 0 aliphatic heterocycles. The zero-order valence-corrected chi connectivity index (χ0v) is 17.3. The monoisotopic (exact) mass is 410 g/mol. The summed E-state index contributed by atoms with van der Waals surface area (Å²) >= 11 is 5.62. The van der Waals surface area contributed by atoms with E-state index in [1.807, 2.05) is 4.72 Å². The molecule has 0 amide bonds. The number of nitrogens with zero attached hydrogens (tertiary/aromatic N) is 1. The fourth-order valence-corrected chi connectivity index (χ4v) is 3.03. The Bertz CT molecular complexity index is 949. The molecule has 2 rings (SSSR count). The Hall–Kier alpha value is -1.21. The van der Waals surface area contributed by atoms with Gasteiger partial charge in [-0.15, -0.1) is 0 Å². The number of rotatable bonds is 5. The van der Waals surface area contributed by atoms with E-state index >= 15 is 0 Å². The number of sulfonamides is 1. The molecule has 0 atom stereocenters. The van der Waals surface area contributed by atoms with Gasteiger partial charge in [-0.05, 0) is 30.3 Å². The molecule has 0 heterocycles.